The summed E-state index contributed by atoms with van der Waals surface area (Å²) in [5.74, 6) is 6.89. The lowest BCUT2D eigenvalue weighted by Gasteiger charge is -2.19. The summed E-state index contributed by atoms with van der Waals surface area (Å²) in [6.45, 7) is 10.5. The highest BCUT2D eigenvalue weighted by Gasteiger charge is 2.14. The molecule has 0 amide bonds. The Morgan fingerprint density at radius 1 is 1.05 bits per heavy atom. The molecule has 5 heteroatoms. The summed E-state index contributed by atoms with van der Waals surface area (Å²) >= 11 is 1.63. The van der Waals surface area contributed by atoms with Gasteiger partial charge in [0.1, 0.15) is 16.7 Å². The monoisotopic (exact) mass is 302 g/mol. The summed E-state index contributed by atoms with van der Waals surface area (Å²) in [5, 5.41) is 0.930. The fraction of sp³-hybridized carbons (Fsp3) is 0.375. The number of hydrazine groups is 1. The van der Waals surface area contributed by atoms with Gasteiger partial charge in [0, 0.05) is 10.5 Å². The topological polar surface area (TPSA) is 63.8 Å². The van der Waals surface area contributed by atoms with E-state index in [4.69, 9.17) is 5.84 Å². The Morgan fingerprint density at radius 2 is 1.67 bits per heavy atom. The highest BCUT2D eigenvalue weighted by Crippen LogP contribution is 2.32. The van der Waals surface area contributed by atoms with Crippen molar-refractivity contribution < 1.29 is 0 Å². The van der Waals surface area contributed by atoms with Crippen LogP contribution in [0.5, 0.6) is 0 Å². The molecule has 0 fully saturated rings. The SMILES string of the molecule is Cc1nc(NN)c(C)c(Sc2ccc(C(C)(C)C)cc2)n1. The molecule has 0 atom stereocenters. The van der Waals surface area contributed by atoms with E-state index < -0.39 is 0 Å². The summed E-state index contributed by atoms with van der Waals surface area (Å²) < 4.78 is 0. The molecule has 0 bridgehead atoms. The van der Waals surface area contributed by atoms with Crippen LogP contribution in [-0.2, 0) is 5.41 Å². The van der Waals surface area contributed by atoms with E-state index in [9.17, 15) is 0 Å². The molecule has 1 heterocycles. The number of hydrogen-bond acceptors (Lipinski definition) is 5. The third kappa shape index (κ3) is 3.74. The van der Waals surface area contributed by atoms with E-state index in [1.54, 1.807) is 11.8 Å². The van der Waals surface area contributed by atoms with Crippen LogP contribution in [0.3, 0.4) is 0 Å². The molecule has 0 aliphatic rings. The fourth-order valence-electron chi connectivity index (χ4n) is 1.98. The second kappa shape index (κ2) is 6.03. The minimum Gasteiger partial charge on any atom is -0.308 e. The van der Waals surface area contributed by atoms with Gasteiger partial charge in [-0.1, -0.05) is 44.7 Å². The molecule has 0 saturated carbocycles. The molecule has 2 aromatic rings. The van der Waals surface area contributed by atoms with Crippen molar-refractivity contribution >= 4 is 17.6 Å². The molecule has 0 saturated heterocycles. The van der Waals surface area contributed by atoms with Crippen molar-refractivity contribution in [3.63, 3.8) is 0 Å². The maximum absolute atomic E-state index is 5.50. The van der Waals surface area contributed by atoms with Gasteiger partial charge in [-0.05, 0) is 37.0 Å². The van der Waals surface area contributed by atoms with Crippen molar-refractivity contribution in [2.45, 2.75) is 50.0 Å². The third-order valence-electron chi connectivity index (χ3n) is 3.28. The van der Waals surface area contributed by atoms with Crippen LogP contribution in [-0.4, -0.2) is 9.97 Å². The van der Waals surface area contributed by atoms with Gasteiger partial charge in [0.2, 0.25) is 0 Å². The summed E-state index contributed by atoms with van der Waals surface area (Å²) in [6.07, 6.45) is 0. The molecule has 1 aromatic heterocycles. The zero-order chi connectivity index (χ0) is 15.6. The van der Waals surface area contributed by atoms with Gasteiger partial charge in [-0.3, -0.25) is 0 Å². The first-order valence-corrected chi connectivity index (χ1v) is 7.73. The lowest BCUT2D eigenvalue weighted by Crippen LogP contribution is -2.12. The molecule has 0 spiro atoms. The van der Waals surface area contributed by atoms with Crippen molar-refractivity contribution in [1.29, 1.82) is 0 Å². The Kier molecular flexibility index (Phi) is 4.54. The number of nitrogens with two attached hydrogens (primary N) is 1. The maximum Gasteiger partial charge on any atom is 0.147 e. The van der Waals surface area contributed by atoms with E-state index in [1.165, 1.54) is 5.56 Å². The first kappa shape index (κ1) is 15.8. The van der Waals surface area contributed by atoms with Gasteiger partial charge in [-0.15, -0.1) is 0 Å². The van der Waals surface area contributed by atoms with E-state index in [0.29, 0.717) is 11.6 Å². The van der Waals surface area contributed by atoms with Gasteiger partial charge in [0.05, 0.1) is 0 Å². The average molecular weight is 302 g/mol. The van der Waals surface area contributed by atoms with Gasteiger partial charge < -0.3 is 5.43 Å². The molecule has 21 heavy (non-hydrogen) atoms. The third-order valence-corrected chi connectivity index (χ3v) is 4.38. The molecule has 4 nitrogen and oxygen atoms in total. The molecule has 0 aliphatic carbocycles. The van der Waals surface area contributed by atoms with Crippen molar-refractivity contribution in [1.82, 2.24) is 9.97 Å². The van der Waals surface area contributed by atoms with E-state index >= 15 is 0 Å². The van der Waals surface area contributed by atoms with Crippen LogP contribution in [0.4, 0.5) is 5.82 Å². The molecule has 3 N–H and O–H groups in total. The largest absolute Gasteiger partial charge is 0.308 e. The van der Waals surface area contributed by atoms with Crippen LogP contribution in [0.25, 0.3) is 0 Å². The zero-order valence-electron chi connectivity index (χ0n) is 13.2. The number of nitrogen functional groups attached to an aromatic ring is 1. The standard InChI is InChI=1S/C16H22N4S/c1-10-14(20-17)18-11(2)19-15(10)21-13-8-6-12(7-9-13)16(3,4)5/h6-9H,17H2,1-5H3,(H,18,19,20). The second-order valence-corrected chi connectivity index (χ2v) is 7.13. The van der Waals surface area contributed by atoms with E-state index in [2.05, 4.69) is 60.4 Å². The zero-order valence-corrected chi connectivity index (χ0v) is 14.0. The molecule has 0 aliphatic heterocycles. The predicted octanol–water partition coefficient (Wildman–Crippen LogP) is 3.83. The number of anilines is 1. The minimum atomic E-state index is 0.168. The van der Waals surface area contributed by atoms with Crippen LogP contribution >= 0.6 is 11.8 Å². The smallest absolute Gasteiger partial charge is 0.147 e. The number of aromatic nitrogens is 2. The van der Waals surface area contributed by atoms with Gasteiger partial charge >= 0.3 is 0 Å². The Morgan fingerprint density at radius 3 is 2.19 bits per heavy atom. The van der Waals surface area contributed by atoms with Crippen molar-refractivity contribution in [3.8, 4) is 0 Å². The molecule has 0 radical (unpaired) electrons. The molecule has 112 valence electrons. The molecular formula is C16H22N4S. The molecule has 0 unspecified atom stereocenters. The molecule has 2 rings (SSSR count). The predicted molar refractivity (Wildman–Crippen MR) is 88.6 cm³/mol. The Balaban J connectivity index is 2.28. The van der Waals surface area contributed by atoms with E-state index in [-0.39, 0.29) is 5.41 Å². The van der Waals surface area contributed by atoms with Crippen molar-refractivity contribution in [3.05, 3.63) is 41.2 Å². The Bertz CT molecular complexity index is 630. The number of rotatable bonds is 3. The average Bonchev–Trinajstić information content (AvgIpc) is 2.42. The summed E-state index contributed by atoms with van der Waals surface area (Å²) in [4.78, 5) is 9.94. The van der Waals surface area contributed by atoms with Gasteiger partial charge in [-0.25, -0.2) is 15.8 Å². The minimum absolute atomic E-state index is 0.168. The Labute approximate surface area is 130 Å². The van der Waals surface area contributed by atoms with Crippen LogP contribution in [0, 0.1) is 13.8 Å². The lowest BCUT2D eigenvalue weighted by atomic mass is 9.87. The van der Waals surface area contributed by atoms with E-state index in [1.807, 2.05) is 13.8 Å². The summed E-state index contributed by atoms with van der Waals surface area (Å²) in [5.41, 5.74) is 5.09. The highest BCUT2D eigenvalue weighted by molar-refractivity contribution is 7.99. The van der Waals surface area contributed by atoms with Crippen molar-refractivity contribution in [2.75, 3.05) is 5.43 Å². The molecule has 1 aromatic carbocycles. The Hall–Kier alpha value is -1.59. The fourth-order valence-corrected chi connectivity index (χ4v) is 2.90. The van der Waals surface area contributed by atoms with Crippen LogP contribution < -0.4 is 11.3 Å². The number of hydrogen-bond donors (Lipinski definition) is 2. The molecular weight excluding hydrogens is 280 g/mol. The van der Waals surface area contributed by atoms with Gasteiger partial charge in [-0.2, -0.15) is 0 Å². The van der Waals surface area contributed by atoms with Crippen LogP contribution in [0.15, 0.2) is 34.2 Å². The van der Waals surface area contributed by atoms with Crippen LogP contribution in [0.1, 0.15) is 37.7 Å². The number of nitrogens with zero attached hydrogens (tertiary/aromatic N) is 2. The number of nitrogens with one attached hydrogen (secondary N) is 1. The lowest BCUT2D eigenvalue weighted by molar-refractivity contribution is 0.590. The normalized spacial score (nSPS) is 11.5. The number of benzene rings is 1. The van der Waals surface area contributed by atoms with Crippen molar-refractivity contribution in [2.24, 2.45) is 5.84 Å². The first-order chi connectivity index (χ1) is 9.81. The highest BCUT2D eigenvalue weighted by atomic mass is 32.2. The van der Waals surface area contributed by atoms with Crippen LogP contribution in [0.2, 0.25) is 0 Å². The summed E-state index contributed by atoms with van der Waals surface area (Å²) in [6, 6.07) is 8.62. The maximum atomic E-state index is 5.50. The van der Waals surface area contributed by atoms with E-state index in [0.717, 1.165) is 15.5 Å². The van der Waals surface area contributed by atoms with Gasteiger partial charge in [0.15, 0.2) is 0 Å². The number of aryl methyl sites for hydroxylation is 1. The second-order valence-electron chi connectivity index (χ2n) is 6.07. The quantitative estimate of drug-likeness (QED) is 0.512. The van der Waals surface area contributed by atoms with Gasteiger partial charge in [0.25, 0.3) is 0 Å². The summed E-state index contributed by atoms with van der Waals surface area (Å²) in [7, 11) is 0. The first-order valence-electron chi connectivity index (χ1n) is 6.91.